The number of amides is 2. The molecule has 0 saturated heterocycles. The van der Waals surface area contributed by atoms with E-state index >= 15 is 0 Å². The Morgan fingerprint density at radius 2 is 1.96 bits per heavy atom. The molecule has 0 bridgehead atoms. The maximum atomic E-state index is 12.3. The molecule has 3 N–H and O–H groups in total. The van der Waals surface area contributed by atoms with Crippen LogP contribution in [-0.2, 0) is 5.75 Å². The van der Waals surface area contributed by atoms with E-state index in [0.29, 0.717) is 22.0 Å². The van der Waals surface area contributed by atoms with Gasteiger partial charge in [-0.1, -0.05) is 23.7 Å². The first kappa shape index (κ1) is 18.5. The molecule has 2 amide bonds. The molecule has 3 aromatic rings. The number of thioether (sulfide) groups is 1. The number of hydrogen-bond donors (Lipinski definition) is 3. The Morgan fingerprint density at radius 1 is 1.15 bits per heavy atom. The quantitative estimate of drug-likeness (QED) is 0.488. The molecule has 26 heavy (non-hydrogen) atoms. The summed E-state index contributed by atoms with van der Waals surface area (Å²) in [5, 5.41) is 6.59. The van der Waals surface area contributed by atoms with Crippen LogP contribution in [0.4, 0.5) is 29.3 Å². The van der Waals surface area contributed by atoms with E-state index < -0.39 is 11.5 Å². The monoisotopic (exact) mass is 399 g/mol. The molecule has 1 aromatic heterocycles. The fraction of sp³-hybridized carbons (Fsp3) is 0.118. The average Bonchev–Trinajstić information content (AvgIpc) is 2.95. The van der Waals surface area contributed by atoms with Gasteiger partial charge in [0.25, 0.3) is 0 Å². The zero-order chi connectivity index (χ0) is 18.7. The van der Waals surface area contributed by atoms with Gasteiger partial charge in [0, 0.05) is 33.6 Å². The highest BCUT2D eigenvalue weighted by Crippen LogP contribution is 2.33. The molecule has 1 heterocycles. The highest BCUT2D eigenvalue weighted by molar-refractivity contribution is 7.99. The van der Waals surface area contributed by atoms with Crippen molar-refractivity contribution in [1.82, 2.24) is 4.98 Å². The number of rotatable bonds is 4. The molecule has 136 valence electrons. The molecule has 0 aliphatic rings. The maximum absolute atomic E-state index is 12.3. The fourth-order valence-electron chi connectivity index (χ4n) is 2.38. The lowest BCUT2D eigenvalue weighted by Crippen LogP contribution is -2.19. The van der Waals surface area contributed by atoms with Gasteiger partial charge in [-0.25, -0.2) is 4.79 Å². The van der Waals surface area contributed by atoms with E-state index in [0.717, 1.165) is 10.9 Å². The maximum Gasteiger partial charge on any atom is 0.442 e. The molecule has 0 saturated carbocycles. The second kappa shape index (κ2) is 7.51. The van der Waals surface area contributed by atoms with Crippen molar-refractivity contribution in [2.75, 3.05) is 10.6 Å². The van der Waals surface area contributed by atoms with E-state index in [1.165, 1.54) is 6.07 Å². The lowest BCUT2D eigenvalue weighted by molar-refractivity contribution is -0.0329. The van der Waals surface area contributed by atoms with Crippen LogP contribution in [0.25, 0.3) is 10.9 Å². The van der Waals surface area contributed by atoms with E-state index in [9.17, 15) is 18.0 Å². The summed E-state index contributed by atoms with van der Waals surface area (Å²) in [5.74, 6) is -0.221. The predicted octanol–water partition coefficient (Wildman–Crippen LogP) is 6.22. The molecule has 0 aliphatic carbocycles. The van der Waals surface area contributed by atoms with Crippen LogP contribution >= 0.6 is 23.4 Å². The highest BCUT2D eigenvalue weighted by atomic mass is 35.5. The minimum atomic E-state index is -4.29. The lowest BCUT2D eigenvalue weighted by Gasteiger charge is -2.09. The Kier molecular flexibility index (Phi) is 5.33. The molecule has 3 rings (SSSR count). The summed E-state index contributed by atoms with van der Waals surface area (Å²) in [4.78, 5) is 15.2. The van der Waals surface area contributed by atoms with Crippen LogP contribution in [0.5, 0.6) is 0 Å². The van der Waals surface area contributed by atoms with Gasteiger partial charge in [0.1, 0.15) is 0 Å². The van der Waals surface area contributed by atoms with Gasteiger partial charge in [0.15, 0.2) is 0 Å². The largest absolute Gasteiger partial charge is 0.442 e. The number of carbonyl (C=O) groups excluding carboxylic acids is 1. The molecule has 4 nitrogen and oxygen atoms in total. The highest BCUT2D eigenvalue weighted by Gasteiger charge is 2.27. The summed E-state index contributed by atoms with van der Waals surface area (Å²) in [6.07, 6.45) is 1.64. The van der Waals surface area contributed by atoms with Crippen molar-refractivity contribution in [3.8, 4) is 0 Å². The molecule has 0 fully saturated rings. The third kappa shape index (κ3) is 4.86. The van der Waals surface area contributed by atoms with Crippen LogP contribution < -0.4 is 10.6 Å². The summed E-state index contributed by atoms with van der Waals surface area (Å²) < 4.78 is 36.9. The molecular formula is C17H13ClF3N3OS. The van der Waals surface area contributed by atoms with Gasteiger partial charge in [-0.05, 0) is 47.7 Å². The standard InChI is InChI=1S/C17H13ClF3N3OS/c18-11-4-5-14-13(7-11)15(8-22-14)24-16(25)23-12-3-1-2-10(6-12)9-26-17(19,20)21/h1-8,22H,9H2,(H2,23,24,25). The second-order valence-electron chi connectivity index (χ2n) is 5.41. The van der Waals surface area contributed by atoms with E-state index in [1.807, 2.05) is 0 Å². The van der Waals surface area contributed by atoms with Crippen molar-refractivity contribution in [1.29, 1.82) is 0 Å². The van der Waals surface area contributed by atoms with Gasteiger partial charge in [-0.3, -0.25) is 0 Å². The van der Waals surface area contributed by atoms with Crippen LogP contribution in [0.3, 0.4) is 0 Å². The molecule has 0 unspecified atom stereocenters. The molecular weight excluding hydrogens is 387 g/mol. The van der Waals surface area contributed by atoms with Crippen LogP contribution in [0.2, 0.25) is 5.02 Å². The Bertz CT molecular complexity index is 942. The summed E-state index contributed by atoms with van der Waals surface area (Å²) in [7, 11) is 0. The van der Waals surface area contributed by atoms with Crippen molar-refractivity contribution in [2.45, 2.75) is 11.3 Å². The number of halogens is 4. The number of hydrogen-bond acceptors (Lipinski definition) is 2. The van der Waals surface area contributed by atoms with Gasteiger partial charge < -0.3 is 15.6 Å². The SMILES string of the molecule is O=C(Nc1cccc(CSC(F)(F)F)c1)Nc1c[nH]c2ccc(Cl)cc12. The van der Waals surface area contributed by atoms with Crippen molar-refractivity contribution in [3.63, 3.8) is 0 Å². The van der Waals surface area contributed by atoms with Crippen molar-refractivity contribution < 1.29 is 18.0 Å². The lowest BCUT2D eigenvalue weighted by atomic mass is 10.2. The Hall–Kier alpha value is -2.32. The van der Waals surface area contributed by atoms with Crippen LogP contribution in [-0.4, -0.2) is 16.5 Å². The summed E-state index contributed by atoms with van der Waals surface area (Å²) in [6, 6.07) is 11.0. The molecule has 0 radical (unpaired) electrons. The summed E-state index contributed by atoms with van der Waals surface area (Å²) in [5.41, 5.74) is -2.07. The third-order valence-corrected chi connectivity index (χ3v) is 4.52. The smallest absolute Gasteiger partial charge is 0.359 e. The first-order chi connectivity index (χ1) is 12.3. The number of fused-ring (bicyclic) bond motifs is 1. The first-order valence-corrected chi connectivity index (χ1v) is 8.81. The second-order valence-corrected chi connectivity index (χ2v) is 6.88. The molecule has 9 heteroatoms. The van der Waals surface area contributed by atoms with E-state index in [-0.39, 0.29) is 17.5 Å². The van der Waals surface area contributed by atoms with E-state index in [1.54, 1.807) is 42.6 Å². The number of urea groups is 1. The Balaban J connectivity index is 1.67. The molecule has 0 atom stereocenters. The first-order valence-electron chi connectivity index (χ1n) is 7.44. The van der Waals surface area contributed by atoms with Crippen molar-refractivity contribution >= 4 is 51.7 Å². The van der Waals surface area contributed by atoms with Crippen LogP contribution in [0, 0.1) is 0 Å². The normalized spacial score (nSPS) is 11.5. The average molecular weight is 400 g/mol. The van der Waals surface area contributed by atoms with Crippen LogP contribution in [0.1, 0.15) is 5.56 Å². The Labute approximate surface area is 156 Å². The van der Waals surface area contributed by atoms with Gasteiger partial charge in [0.05, 0.1) is 5.69 Å². The summed E-state index contributed by atoms with van der Waals surface area (Å²) >= 11 is 5.84. The number of aromatic amines is 1. The zero-order valence-corrected chi connectivity index (χ0v) is 14.7. The Morgan fingerprint density at radius 3 is 2.73 bits per heavy atom. The number of anilines is 2. The van der Waals surface area contributed by atoms with Crippen molar-refractivity contribution in [3.05, 3.63) is 59.2 Å². The minimum absolute atomic E-state index is 0.124. The fourth-order valence-corrected chi connectivity index (χ4v) is 3.07. The van der Waals surface area contributed by atoms with Gasteiger partial charge >= 0.3 is 11.5 Å². The van der Waals surface area contributed by atoms with Gasteiger partial charge in [-0.2, -0.15) is 13.2 Å². The van der Waals surface area contributed by atoms with Gasteiger partial charge in [0.2, 0.25) is 0 Å². The summed E-state index contributed by atoms with van der Waals surface area (Å²) in [6.45, 7) is 0. The molecule has 0 spiro atoms. The number of aromatic nitrogens is 1. The number of alkyl halides is 3. The third-order valence-electron chi connectivity index (χ3n) is 3.48. The van der Waals surface area contributed by atoms with Crippen molar-refractivity contribution in [2.24, 2.45) is 0 Å². The van der Waals surface area contributed by atoms with Gasteiger partial charge in [-0.15, -0.1) is 0 Å². The number of benzene rings is 2. The van der Waals surface area contributed by atoms with E-state index in [2.05, 4.69) is 15.6 Å². The number of carbonyl (C=O) groups is 1. The predicted molar refractivity (Wildman–Crippen MR) is 99.7 cm³/mol. The number of nitrogens with one attached hydrogen (secondary N) is 3. The molecule has 2 aromatic carbocycles. The molecule has 0 aliphatic heterocycles. The topological polar surface area (TPSA) is 56.9 Å². The van der Waals surface area contributed by atoms with E-state index in [4.69, 9.17) is 11.6 Å². The zero-order valence-electron chi connectivity index (χ0n) is 13.2. The van der Waals surface area contributed by atoms with Crippen LogP contribution in [0.15, 0.2) is 48.7 Å². The number of H-pyrrole nitrogens is 1. The minimum Gasteiger partial charge on any atom is -0.359 e.